The first-order valence-electron chi connectivity index (χ1n) is 3.84. The largest absolute Gasteiger partial charge is 0.390 e. The van der Waals surface area contributed by atoms with E-state index in [1.807, 2.05) is 19.1 Å². The molecular weight excluding hydrogens is 281 g/mol. The lowest BCUT2D eigenvalue weighted by atomic mass is 10.4. The van der Waals surface area contributed by atoms with Gasteiger partial charge in [-0.05, 0) is 41.6 Å². The number of rotatable bonds is 1. The molecule has 68 valence electrons. The monoisotopic (exact) mass is 289 g/mol. The van der Waals surface area contributed by atoms with Gasteiger partial charge in [0.2, 0.25) is 0 Å². The van der Waals surface area contributed by atoms with Crippen LogP contribution in [0.5, 0.6) is 0 Å². The Balaban J connectivity index is 2.77. The number of nitrogens with zero attached hydrogens (tertiary/aromatic N) is 3. The number of hydrogen-bond acceptors (Lipinski definition) is 3. The zero-order valence-electron chi connectivity index (χ0n) is 7.03. The predicted molar refractivity (Wildman–Crippen MR) is 56.4 cm³/mol. The molecule has 0 fully saturated rings. The summed E-state index contributed by atoms with van der Waals surface area (Å²) in [5.41, 5.74) is 2.37. The second kappa shape index (κ2) is 3.22. The van der Waals surface area contributed by atoms with E-state index in [1.165, 1.54) is 0 Å². The van der Waals surface area contributed by atoms with Crippen LogP contribution in [-0.2, 0) is 6.61 Å². The first kappa shape index (κ1) is 8.89. The second-order valence-electron chi connectivity index (χ2n) is 2.73. The molecule has 2 rings (SSSR count). The molecule has 2 aromatic rings. The van der Waals surface area contributed by atoms with E-state index in [2.05, 4.69) is 32.7 Å². The molecule has 1 N–H and O–H groups in total. The average Bonchev–Trinajstić information content (AvgIpc) is 2.44. The van der Waals surface area contributed by atoms with Gasteiger partial charge in [0.05, 0.1) is 18.0 Å². The van der Waals surface area contributed by atoms with Gasteiger partial charge in [0.1, 0.15) is 3.70 Å². The number of imidazole rings is 1. The first-order valence-corrected chi connectivity index (χ1v) is 4.92. The Morgan fingerprint density at radius 3 is 3.00 bits per heavy atom. The fourth-order valence-electron chi connectivity index (χ4n) is 1.22. The molecule has 0 aliphatic heterocycles. The van der Waals surface area contributed by atoms with Crippen LogP contribution >= 0.6 is 22.6 Å². The van der Waals surface area contributed by atoms with E-state index >= 15 is 0 Å². The smallest absolute Gasteiger partial charge is 0.154 e. The highest BCUT2D eigenvalue weighted by Crippen LogP contribution is 2.11. The van der Waals surface area contributed by atoms with E-state index in [9.17, 15) is 0 Å². The van der Waals surface area contributed by atoms with Gasteiger partial charge < -0.3 is 5.11 Å². The normalized spacial score (nSPS) is 11.0. The van der Waals surface area contributed by atoms with Crippen molar-refractivity contribution >= 4 is 28.2 Å². The van der Waals surface area contributed by atoms with Gasteiger partial charge in [0.25, 0.3) is 0 Å². The lowest BCUT2D eigenvalue weighted by Crippen LogP contribution is -1.96. The maximum atomic E-state index is 8.98. The van der Waals surface area contributed by atoms with Crippen molar-refractivity contribution in [2.24, 2.45) is 0 Å². The van der Waals surface area contributed by atoms with E-state index < -0.39 is 0 Å². The summed E-state index contributed by atoms with van der Waals surface area (Å²) in [5.74, 6) is 0. The summed E-state index contributed by atoms with van der Waals surface area (Å²) in [6, 6.07) is 3.78. The highest BCUT2D eigenvalue weighted by molar-refractivity contribution is 14.1. The van der Waals surface area contributed by atoms with Gasteiger partial charge in [-0.2, -0.15) is 5.10 Å². The number of aryl methyl sites for hydroxylation is 1. The number of hydrogen-bond donors (Lipinski definition) is 1. The van der Waals surface area contributed by atoms with Crippen LogP contribution in [0.15, 0.2) is 12.1 Å². The third-order valence-electron chi connectivity index (χ3n) is 1.92. The first-order chi connectivity index (χ1) is 6.22. The summed E-state index contributed by atoms with van der Waals surface area (Å²) >= 11 is 2.14. The quantitative estimate of drug-likeness (QED) is 0.801. The Labute approximate surface area is 88.7 Å². The van der Waals surface area contributed by atoms with Crippen molar-refractivity contribution in [3.8, 4) is 0 Å². The Morgan fingerprint density at radius 1 is 1.54 bits per heavy atom. The van der Waals surface area contributed by atoms with E-state index in [0.717, 1.165) is 15.0 Å². The van der Waals surface area contributed by atoms with Gasteiger partial charge >= 0.3 is 0 Å². The molecule has 0 aliphatic carbocycles. The number of halogens is 1. The van der Waals surface area contributed by atoms with Crippen molar-refractivity contribution in [2.75, 3.05) is 0 Å². The van der Waals surface area contributed by atoms with Gasteiger partial charge in [-0.25, -0.2) is 9.50 Å². The molecular formula is C8H8IN3O. The molecule has 5 heteroatoms. The molecule has 4 nitrogen and oxygen atoms in total. The van der Waals surface area contributed by atoms with Crippen molar-refractivity contribution in [1.82, 2.24) is 14.6 Å². The van der Waals surface area contributed by atoms with Crippen molar-refractivity contribution in [3.63, 3.8) is 0 Å². The molecule has 0 bridgehead atoms. The SMILES string of the molecule is Cc1c(CO)nc2ccc(I)nn12. The van der Waals surface area contributed by atoms with Crippen molar-refractivity contribution in [1.29, 1.82) is 0 Å². The van der Waals surface area contributed by atoms with Crippen LogP contribution < -0.4 is 0 Å². The van der Waals surface area contributed by atoms with Gasteiger partial charge in [0, 0.05) is 0 Å². The summed E-state index contributed by atoms with van der Waals surface area (Å²) in [6.45, 7) is 1.86. The number of aliphatic hydroxyl groups excluding tert-OH is 1. The molecule has 13 heavy (non-hydrogen) atoms. The van der Waals surface area contributed by atoms with Crippen LogP contribution in [-0.4, -0.2) is 19.7 Å². The van der Waals surface area contributed by atoms with Crippen LogP contribution in [0.25, 0.3) is 5.65 Å². The predicted octanol–water partition coefficient (Wildman–Crippen LogP) is 1.13. The minimum Gasteiger partial charge on any atom is -0.390 e. The third-order valence-corrected chi connectivity index (χ3v) is 2.49. The Bertz CT molecular complexity index is 452. The Hall–Kier alpha value is -0.690. The lowest BCUT2D eigenvalue weighted by Gasteiger charge is -1.95. The summed E-state index contributed by atoms with van der Waals surface area (Å²) in [4.78, 5) is 4.22. The molecule has 0 aromatic carbocycles. The van der Waals surface area contributed by atoms with Crippen molar-refractivity contribution < 1.29 is 5.11 Å². The molecule has 2 aromatic heterocycles. The van der Waals surface area contributed by atoms with Gasteiger partial charge in [-0.3, -0.25) is 0 Å². The molecule has 0 saturated heterocycles. The van der Waals surface area contributed by atoms with Gasteiger partial charge in [0.15, 0.2) is 5.65 Å². The van der Waals surface area contributed by atoms with E-state index in [0.29, 0.717) is 5.69 Å². The second-order valence-corrected chi connectivity index (χ2v) is 3.83. The topological polar surface area (TPSA) is 50.4 Å². The van der Waals surface area contributed by atoms with Gasteiger partial charge in [-0.15, -0.1) is 0 Å². The Morgan fingerprint density at radius 2 is 2.31 bits per heavy atom. The maximum Gasteiger partial charge on any atom is 0.154 e. The van der Waals surface area contributed by atoms with E-state index in [-0.39, 0.29) is 6.61 Å². The number of fused-ring (bicyclic) bond motifs is 1. The average molecular weight is 289 g/mol. The summed E-state index contributed by atoms with van der Waals surface area (Å²) in [7, 11) is 0. The minimum absolute atomic E-state index is 0.0359. The third kappa shape index (κ3) is 1.42. The van der Waals surface area contributed by atoms with Crippen LogP contribution in [0.4, 0.5) is 0 Å². The minimum atomic E-state index is -0.0359. The Kier molecular flexibility index (Phi) is 2.20. The molecule has 0 unspecified atom stereocenters. The molecule has 0 saturated carbocycles. The summed E-state index contributed by atoms with van der Waals surface area (Å²) < 4.78 is 2.66. The highest BCUT2D eigenvalue weighted by atomic mass is 127. The zero-order chi connectivity index (χ0) is 9.42. The van der Waals surface area contributed by atoms with Crippen molar-refractivity contribution in [3.05, 3.63) is 27.2 Å². The molecule has 0 atom stereocenters. The lowest BCUT2D eigenvalue weighted by molar-refractivity contribution is 0.276. The molecule has 0 amide bonds. The molecule has 0 radical (unpaired) electrons. The zero-order valence-corrected chi connectivity index (χ0v) is 9.19. The molecule has 2 heterocycles. The highest BCUT2D eigenvalue weighted by Gasteiger charge is 2.07. The fraction of sp³-hybridized carbons (Fsp3) is 0.250. The maximum absolute atomic E-state index is 8.98. The fourth-order valence-corrected chi connectivity index (χ4v) is 1.61. The molecule has 0 aliphatic rings. The number of aromatic nitrogens is 3. The molecule has 0 spiro atoms. The van der Waals surface area contributed by atoms with Crippen LogP contribution in [0.2, 0.25) is 0 Å². The van der Waals surface area contributed by atoms with E-state index in [4.69, 9.17) is 5.11 Å². The van der Waals surface area contributed by atoms with Crippen molar-refractivity contribution in [2.45, 2.75) is 13.5 Å². The standard InChI is InChI=1S/C8H8IN3O/c1-5-6(4-13)10-8-3-2-7(9)11-12(5)8/h2-3,13H,4H2,1H3. The van der Waals surface area contributed by atoms with Crippen LogP contribution in [0, 0.1) is 10.6 Å². The van der Waals surface area contributed by atoms with Crippen LogP contribution in [0.1, 0.15) is 11.4 Å². The van der Waals surface area contributed by atoms with Gasteiger partial charge in [-0.1, -0.05) is 0 Å². The summed E-state index contributed by atoms with van der Waals surface area (Å²) in [6.07, 6.45) is 0. The van der Waals surface area contributed by atoms with E-state index in [1.54, 1.807) is 4.52 Å². The number of aliphatic hydroxyl groups is 1. The summed E-state index contributed by atoms with van der Waals surface area (Å²) in [5, 5.41) is 13.3. The van der Waals surface area contributed by atoms with Crippen LogP contribution in [0.3, 0.4) is 0 Å².